The summed E-state index contributed by atoms with van der Waals surface area (Å²) < 4.78 is 13.0. The van der Waals surface area contributed by atoms with Crippen LogP contribution in [-0.2, 0) is 9.59 Å². The zero-order valence-corrected chi connectivity index (χ0v) is 14.4. The minimum Gasteiger partial charge on any atom is -0.325 e. The van der Waals surface area contributed by atoms with E-state index in [0.717, 1.165) is 16.8 Å². The smallest absolute Gasteiger partial charge is 0.234 e. The number of thioether (sulfide) groups is 1. The predicted molar refractivity (Wildman–Crippen MR) is 96.9 cm³/mol. The number of nitrogens with one attached hydrogen (secondary N) is 2. The van der Waals surface area contributed by atoms with Crippen LogP contribution >= 0.6 is 11.8 Å². The number of carbonyl (C=O) groups excluding carboxylic acids is 2. The van der Waals surface area contributed by atoms with Crippen molar-refractivity contribution in [1.29, 1.82) is 0 Å². The van der Waals surface area contributed by atoms with E-state index in [1.807, 2.05) is 32.0 Å². The quantitative estimate of drug-likeness (QED) is 0.837. The van der Waals surface area contributed by atoms with Crippen LogP contribution in [0, 0.1) is 19.7 Å². The van der Waals surface area contributed by atoms with Gasteiger partial charge in [-0.15, -0.1) is 11.8 Å². The molecular formula is C18H19FN2O2S. The van der Waals surface area contributed by atoms with Gasteiger partial charge in [-0.2, -0.15) is 0 Å². The Bertz CT molecular complexity index is 750. The van der Waals surface area contributed by atoms with Crippen molar-refractivity contribution in [3.05, 3.63) is 59.4 Å². The van der Waals surface area contributed by atoms with Crippen molar-refractivity contribution in [2.75, 3.05) is 22.1 Å². The lowest BCUT2D eigenvalue weighted by atomic mass is 10.1. The number of amides is 2. The van der Waals surface area contributed by atoms with Crippen LogP contribution in [0.1, 0.15) is 11.1 Å². The van der Waals surface area contributed by atoms with E-state index in [9.17, 15) is 14.0 Å². The van der Waals surface area contributed by atoms with Gasteiger partial charge in [0.2, 0.25) is 11.8 Å². The fraction of sp³-hybridized carbons (Fsp3) is 0.222. The number of anilines is 2. The first kappa shape index (κ1) is 18.0. The summed E-state index contributed by atoms with van der Waals surface area (Å²) in [5, 5.41) is 5.42. The van der Waals surface area contributed by atoms with Gasteiger partial charge in [0.05, 0.1) is 11.5 Å². The molecule has 0 aliphatic rings. The van der Waals surface area contributed by atoms with Crippen LogP contribution in [0.25, 0.3) is 0 Å². The molecule has 0 aliphatic heterocycles. The van der Waals surface area contributed by atoms with Gasteiger partial charge in [0.15, 0.2) is 0 Å². The summed E-state index contributed by atoms with van der Waals surface area (Å²) >= 11 is 1.20. The second-order valence-corrected chi connectivity index (χ2v) is 6.40. The monoisotopic (exact) mass is 346 g/mol. The zero-order chi connectivity index (χ0) is 17.5. The largest absolute Gasteiger partial charge is 0.325 e. The first-order valence-electron chi connectivity index (χ1n) is 7.44. The molecular weight excluding hydrogens is 327 g/mol. The lowest BCUT2D eigenvalue weighted by Gasteiger charge is -2.09. The molecule has 2 N–H and O–H groups in total. The SMILES string of the molecule is Cc1ccc(NC(=O)CSCC(=O)Nc2cccc(F)c2)c(C)c1. The van der Waals surface area contributed by atoms with Crippen molar-refractivity contribution in [1.82, 2.24) is 0 Å². The van der Waals surface area contributed by atoms with Gasteiger partial charge in [-0.05, 0) is 43.7 Å². The highest BCUT2D eigenvalue weighted by molar-refractivity contribution is 8.00. The van der Waals surface area contributed by atoms with Crippen LogP contribution in [0.3, 0.4) is 0 Å². The predicted octanol–water partition coefficient (Wildman–Crippen LogP) is 3.75. The maximum absolute atomic E-state index is 13.0. The number of aryl methyl sites for hydroxylation is 2. The lowest BCUT2D eigenvalue weighted by Crippen LogP contribution is -2.18. The van der Waals surface area contributed by atoms with Gasteiger partial charge in [0.1, 0.15) is 5.82 Å². The molecule has 0 aromatic heterocycles. The second kappa shape index (κ2) is 8.49. The molecule has 0 saturated carbocycles. The Kier molecular flexibility index (Phi) is 6.37. The summed E-state index contributed by atoms with van der Waals surface area (Å²) in [5.74, 6) is -0.551. The van der Waals surface area contributed by atoms with E-state index in [-0.39, 0.29) is 23.3 Å². The van der Waals surface area contributed by atoms with E-state index >= 15 is 0 Å². The molecule has 0 atom stereocenters. The molecule has 2 amide bonds. The number of hydrogen-bond donors (Lipinski definition) is 2. The van der Waals surface area contributed by atoms with Gasteiger partial charge in [-0.1, -0.05) is 23.8 Å². The number of rotatable bonds is 6. The zero-order valence-electron chi connectivity index (χ0n) is 13.6. The first-order chi connectivity index (χ1) is 11.4. The average Bonchev–Trinajstić information content (AvgIpc) is 2.50. The molecule has 2 aromatic rings. The van der Waals surface area contributed by atoms with Crippen molar-refractivity contribution >= 4 is 35.0 Å². The molecule has 126 valence electrons. The Hall–Kier alpha value is -2.34. The summed E-state index contributed by atoms with van der Waals surface area (Å²) in [6, 6.07) is 11.5. The summed E-state index contributed by atoms with van der Waals surface area (Å²) in [7, 11) is 0. The highest BCUT2D eigenvalue weighted by Crippen LogP contribution is 2.16. The minimum absolute atomic E-state index is 0.122. The highest BCUT2D eigenvalue weighted by atomic mass is 32.2. The molecule has 0 radical (unpaired) electrons. The van der Waals surface area contributed by atoms with E-state index in [2.05, 4.69) is 10.6 Å². The Labute approximate surface area is 144 Å². The van der Waals surface area contributed by atoms with E-state index in [1.165, 1.54) is 30.0 Å². The summed E-state index contributed by atoms with van der Waals surface area (Å²) in [4.78, 5) is 23.7. The van der Waals surface area contributed by atoms with Gasteiger partial charge in [0.25, 0.3) is 0 Å². The number of benzene rings is 2. The third kappa shape index (κ3) is 5.70. The summed E-state index contributed by atoms with van der Waals surface area (Å²) in [6.07, 6.45) is 0. The van der Waals surface area contributed by atoms with Gasteiger partial charge in [-0.25, -0.2) is 4.39 Å². The van der Waals surface area contributed by atoms with E-state index in [4.69, 9.17) is 0 Å². The van der Waals surface area contributed by atoms with Gasteiger partial charge in [-0.3, -0.25) is 9.59 Å². The standard InChI is InChI=1S/C18H19FN2O2S/c1-12-6-7-16(13(2)8-12)21-18(23)11-24-10-17(22)20-15-5-3-4-14(19)9-15/h3-9H,10-11H2,1-2H3,(H,20,22)(H,21,23). The number of carbonyl (C=O) groups is 2. The molecule has 0 fully saturated rings. The van der Waals surface area contributed by atoms with Crippen LogP contribution in [0.4, 0.5) is 15.8 Å². The Morgan fingerprint density at radius 3 is 2.38 bits per heavy atom. The van der Waals surface area contributed by atoms with Crippen LogP contribution in [0.15, 0.2) is 42.5 Å². The Morgan fingerprint density at radius 1 is 1.00 bits per heavy atom. The molecule has 0 aliphatic carbocycles. The van der Waals surface area contributed by atoms with Crippen LogP contribution < -0.4 is 10.6 Å². The molecule has 0 heterocycles. The molecule has 0 saturated heterocycles. The van der Waals surface area contributed by atoms with Gasteiger partial charge in [0, 0.05) is 11.4 Å². The fourth-order valence-electron chi connectivity index (χ4n) is 2.14. The number of halogens is 1. The fourth-order valence-corrected chi connectivity index (χ4v) is 2.76. The first-order valence-corrected chi connectivity index (χ1v) is 8.60. The van der Waals surface area contributed by atoms with E-state index in [0.29, 0.717) is 5.69 Å². The topological polar surface area (TPSA) is 58.2 Å². The van der Waals surface area contributed by atoms with Gasteiger partial charge < -0.3 is 10.6 Å². The molecule has 4 nitrogen and oxygen atoms in total. The molecule has 6 heteroatoms. The number of hydrogen-bond acceptors (Lipinski definition) is 3. The Morgan fingerprint density at radius 2 is 1.71 bits per heavy atom. The molecule has 0 spiro atoms. The van der Waals surface area contributed by atoms with Gasteiger partial charge >= 0.3 is 0 Å². The third-order valence-electron chi connectivity index (χ3n) is 3.23. The normalized spacial score (nSPS) is 10.3. The molecule has 0 bridgehead atoms. The molecule has 2 aromatic carbocycles. The van der Waals surface area contributed by atoms with E-state index in [1.54, 1.807) is 6.07 Å². The van der Waals surface area contributed by atoms with E-state index < -0.39 is 5.82 Å². The average molecular weight is 346 g/mol. The van der Waals surface area contributed by atoms with Crippen molar-refractivity contribution in [2.24, 2.45) is 0 Å². The van der Waals surface area contributed by atoms with Crippen LogP contribution in [0.5, 0.6) is 0 Å². The third-order valence-corrected chi connectivity index (χ3v) is 4.16. The van der Waals surface area contributed by atoms with Crippen molar-refractivity contribution in [2.45, 2.75) is 13.8 Å². The Balaban J connectivity index is 1.75. The van der Waals surface area contributed by atoms with Crippen LogP contribution in [0.2, 0.25) is 0 Å². The minimum atomic E-state index is -0.409. The summed E-state index contributed by atoms with van der Waals surface area (Å²) in [6.45, 7) is 3.92. The summed E-state index contributed by atoms with van der Waals surface area (Å²) in [5.41, 5.74) is 3.31. The van der Waals surface area contributed by atoms with Crippen molar-refractivity contribution in [3.63, 3.8) is 0 Å². The lowest BCUT2D eigenvalue weighted by molar-refractivity contribution is -0.114. The molecule has 24 heavy (non-hydrogen) atoms. The maximum Gasteiger partial charge on any atom is 0.234 e. The molecule has 0 unspecified atom stereocenters. The maximum atomic E-state index is 13.0. The molecule has 2 rings (SSSR count). The highest BCUT2D eigenvalue weighted by Gasteiger charge is 2.08. The second-order valence-electron chi connectivity index (χ2n) is 5.42. The van der Waals surface area contributed by atoms with Crippen molar-refractivity contribution < 1.29 is 14.0 Å². The van der Waals surface area contributed by atoms with Crippen LogP contribution in [-0.4, -0.2) is 23.3 Å². The van der Waals surface area contributed by atoms with Crippen molar-refractivity contribution in [3.8, 4) is 0 Å².